The van der Waals surface area contributed by atoms with E-state index < -0.39 is 0 Å². The topological polar surface area (TPSA) is 63.0 Å². The van der Waals surface area contributed by atoms with Crippen LogP contribution in [0, 0.1) is 0 Å². The third-order valence-corrected chi connectivity index (χ3v) is 7.28. The number of pyridine rings is 1. The van der Waals surface area contributed by atoms with Crippen LogP contribution in [0.1, 0.15) is 30.5 Å². The van der Waals surface area contributed by atoms with E-state index in [0.717, 1.165) is 60.5 Å². The maximum atomic E-state index is 6.49. The number of anilines is 2. The molecule has 2 fully saturated rings. The van der Waals surface area contributed by atoms with Gasteiger partial charge >= 0.3 is 0 Å². The van der Waals surface area contributed by atoms with Gasteiger partial charge in [-0.25, -0.2) is 0 Å². The molecule has 4 aromatic rings. The van der Waals surface area contributed by atoms with E-state index in [1.165, 1.54) is 5.69 Å². The van der Waals surface area contributed by atoms with Crippen LogP contribution in [0.5, 0.6) is 5.75 Å². The lowest BCUT2D eigenvalue weighted by atomic mass is 10.0. The Morgan fingerprint density at radius 1 is 0.947 bits per heavy atom. The van der Waals surface area contributed by atoms with E-state index in [4.69, 9.17) is 26.1 Å². The first-order valence-electron chi connectivity index (χ1n) is 13.0. The van der Waals surface area contributed by atoms with Gasteiger partial charge in [0.1, 0.15) is 23.3 Å². The molecule has 2 atom stereocenters. The summed E-state index contributed by atoms with van der Waals surface area (Å²) in [4.78, 5) is 9.13. The van der Waals surface area contributed by atoms with Gasteiger partial charge in [-0.1, -0.05) is 6.07 Å². The molecule has 8 heteroatoms. The standard InChI is InChI=1S/C30H30N4O3S/c1-2-36-24-12-6-21(7-13-24)26-14-15-27(37-26)29-28(25-5-3-4-16-31-25)32-30(38)34(29)23-10-8-22(9-11-23)33-17-19-35-20-18-33/h3-16,28-29H,2,17-20H2,1H3,(H,32,38)/t28-,29+/m0/s1. The number of nitrogens with zero attached hydrogens (tertiary/aromatic N) is 3. The maximum absolute atomic E-state index is 6.49. The maximum Gasteiger partial charge on any atom is 0.174 e. The molecule has 2 aliphatic rings. The Labute approximate surface area is 228 Å². The molecule has 0 bridgehead atoms. The molecule has 2 aromatic carbocycles. The average molecular weight is 527 g/mol. The second kappa shape index (κ2) is 10.8. The van der Waals surface area contributed by atoms with Gasteiger partial charge in [0.25, 0.3) is 0 Å². The summed E-state index contributed by atoms with van der Waals surface area (Å²) < 4.78 is 17.6. The number of hydrogen-bond acceptors (Lipinski definition) is 6. The number of ether oxygens (including phenoxy) is 2. The van der Waals surface area contributed by atoms with Crippen LogP contribution in [0.4, 0.5) is 11.4 Å². The van der Waals surface area contributed by atoms with E-state index in [1.54, 1.807) is 0 Å². The summed E-state index contributed by atoms with van der Waals surface area (Å²) in [7, 11) is 0. The smallest absolute Gasteiger partial charge is 0.174 e. The summed E-state index contributed by atoms with van der Waals surface area (Å²) in [5.74, 6) is 2.45. The predicted octanol–water partition coefficient (Wildman–Crippen LogP) is 5.75. The van der Waals surface area contributed by atoms with Crippen molar-refractivity contribution < 1.29 is 13.9 Å². The predicted molar refractivity (Wildman–Crippen MR) is 153 cm³/mol. The van der Waals surface area contributed by atoms with Crippen molar-refractivity contribution in [3.63, 3.8) is 0 Å². The minimum absolute atomic E-state index is 0.165. The molecule has 0 saturated carbocycles. The first-order valence-corrected chi connectivity index (χ1v) is 13.4. The number of morpholine rings is 1. The molecule has 194 valence electrons. The lowest BCUT2D eigenvalue weighted by Gasteiger charge is -2.30. The van der Waals surface area contributed by atoms with Crippen LogP contribution >= 0.6 is 12.2 Å². The van der Waals surface area contributed by atoms with E-state index in [0.29, 0.717) is 11.7 Å². The highest BCUT2D eigenvalue weighted by Gasteiger charge is 2.42. The molecule has 6 rings (SSSR count). The second-order valence-corrected chi connectivity index (χ2v) is 9.66. The lowest BCUT2D eigenvalue weighted by molar-refractivity contribution is 0.122. The summed E-state index contributed by atoms with van der Waals surface area (Å²) >= 11 is 5.88. The summed E-state index contributed by atoms with van der Waals surface area (Å²) in [6.07, 6.45) is 1.81. The van der Waals surface area contributed by atoms with Crippen molar-refractivity contribution in [1.29, 1.82) is 0 Å². The van der Waals surface area contributed by atoms with Gasteiger partial charge in [-0.15, -0.1) is 0 Å². The van der Waals surface area contributed by atoms with Crippen LogP contribution in [0.3, 0.4) is 0 Å². The third-order valence-electron chi connectivity index (χ3n) is 6.97. The highest BCUT2D eigenvalue weighted by molar-refractivity contribution is 7.80. The van der Waals surface area contributed by atoms with Gasteiger partial charge in [-0.2, -0.15) is 0 Å². The molecule has 2 aliphatic heterocycles. The van der Waals surface area contributed by atoms with E-state index in [-0.39, 0.29) is 12.1 Å². The van der Waals surface area contributed by atoms with Crippen molar-refractivity contribution in [2.75, 3.05) is 42.7 Å². The number of benzene rings is 2. The SMILES string of the molecule is CCOc1ccc(-c2ccc([C@@H]3[C@H](c4ccccn4)NC(=S)N3c3ccc(N4CCOCC4)cc3)o2)cc1. The first-order chi connectivity index (χ1) is 18.7. The number of furan rings is 1. The second-order valence-electron chi connectivity index (χ2n) is 9.27. The van der Waals surface area contributed by atoms with Crippen LogP contribution in [0.25, 0.3) is 11.3 Å². The van der Waals surface area contributed by atoms with Gasteiger partial charge in [-0.05, 0) is 91.9 Å². The van der Waals surface area contributed by atoms with Gasteiger partial charge in [0.05, 0.1) is 31.6 Å². The fourth-order valence-corrected chi connectivity index (χ4v) is 5.46. The monoisotopic (exact) mass is 526 g/mol. The van der Waals surface area contributed by atoms with Crippen molar-refractivity contribution in [2.45, 2.75) is 19.0 Å². The highest BCUT2D eigenvalue weighted by atomic mass is 32.1. The lowest BCUT2D eigenvalue weighted by Crippen LogP contribution is -2.36. The molecule has 38 heavy (non-hydrogen) atoms. The molecular weight excluding hydrogens is 496 g/mol. The van der Waals surface area contributed by atoms with Gasteiger partial charge in [0, 0.05) is 36.2 Å². The number of nitrogens with one attached hydrogen (secondary N) is 1. The van der Waals surface area contributed by atoms with Crippen LogP contribution < -0.4 is 19.9 Å². The largest absolute Gasteiger partial charge is 0.494 e. The zero-order valence-electron chi connectivity index (χ0n) is 21.2. The van der Waals surface area contributed by atoms with E-state index >= 15 is 0 Å². The van der Waals surface area contributed by atoms with E-state index in [9.17, 15) is 0 Å². The van der Waals surface area contributed by atoms with E-state index in [2.05, 4.69) is 44.4 Å². The molecule has 2 saturated heterocycles. The Balaban J connectivity index is 1.34. The van der Waals surface area contributed by atoms with Crippen molar-refractivity contribution in [2.24, 2.45) is 0 Å². The molecule has 7 nitrogen and oxygen atoms in total. The zero-order chi connectivity index (χ0) is 25.9. The zero-order valence-corrected chi connectivity index (χ0v) is 22.1. The Hall–Kier alpha value is -3.88. The minimum Gasteiger partial charge on any atom is -0.494 e. The molecule has 0 aliphatic carbocycles. The van der Waals surface area contributed by atoms with Crippen LogP contribution in [-0.2, 0) is 4.74 Å². The molecule has 0 amide bonds. The van der Waals surface area contributed by atoms with Crippen LogP contribution in [0.2, 0.25) is 0 Å². The first kappa shape index (κ1) is 24.5. The van der Waals surface area contributed by atoms with Crippen molar-refractivity contribution >= 4 is 28.7 Å². The Bertz CT molecular complexity index is 1370. The summed E-state index contributed by atoms with van der Waals surface area (Å²) in [6, 6.07) is 26.2. The van der Waals surface area contributed by atoms with Crippen LogP contribution in [0.15, 0.2) is 89.5 Å². The van der Waals surface area contributed by atoms with Crippen molar-refractivity contribution in [3.8, 4) is 17.1 Å². The molecule has 0 spiro atoms. The van der Waals surface area contributed by atoms with Gasteiger partial charge in [-0.3, -0.25) is 4.98 Å². The van der Waals surface area contributed by atoms with Crippen LogP contribution in [-0.4, -0.2) is 43.0 Å². The van der Waals surface area contributed by atoms with Crippen molar-refractivity contribution in [1.82, 2.24) is 10.3 Å². The van der Waals surface area contributed by atoms with Gasteiger partial charge in [0.2, 0.25) is 0 Å². The average Bonchev–Trinajstić information content (AvgIpc) is 3.59. The fourth-order valence-electron chi connectivity index (χ4n) is 5.12. The normalized spacial score (nSPS) is 19.4. The molecule has 4 heterocycles. The van der Waals surface area contributed by atoms with Gasteiger partial charge < -0.3 is 29.0 Å². The Morgan fingerprint density at radius 3 is 2.42 bits per heavy atom. The number of thiocarbonyl (C=S) groups is 1. The Kier molecular flexibility index (Phi) is 6.98. The third kappa shape index (κ3) is 4.85. The quantitative estimate of drug-likeness (QED) is 0.305. The number of hydrogen-bond donors (Lipinski definition) is 1. The molecular formula is C30H30N4O3S. The summed E-state index contributed by atoms with van der Waals surface area (Å²) in [6.45, 7) is 5.92. The fraction of sp³-hybridized carbons (Fsp3) is 0.267. The summed E-state index contributed by atoms with van der Waals surface area (Å²) in [5, 5.41) is 4.15. The minimum atomic E-state index is -0.205. The van der Waals surface area contributed by atoms with Crippen molar-refractivity contribution in [3.05, 3.63) is 96.5 Å². The van der Waals surface area contributed by atoms with E-state index in [1.807, 2.05) is 67.7 Å². The number of aromatic nitrogens is 1. The molecule has 2 aromatic heterocycles. The highest BCUT2D eigenvalue weighted by Crippen LogP contribution is 2.43. The van der Waals surface area contributed by atoms with Gasteiger partial charge in [0.15, 0.2) is 5.11 Å². The molecule has 0 radical (unpaired) electrons. The Morgan fingerprint density at radius 2 is 1.71 bits per heavy atom. The molecule has 1 N–H and O–H groups in total. The molecule has 0 unspecified atom stereocenters. The number of rotatable bonds is 7. The summed E-state index contributed by atoms with van der Waals surface area (Å²) in [5.41, 5.74) is 4.08.